The number of carbonyl (C=O) groups is 1. The van der Waals surface area contributed by atoms with Crippen LogP contribution >= 0.6 is 0 Å². The van der Waals surface area contributed by atoms with E-state index in [0.717, 1.165) is 5.92 Å². The van der Waals surface area contributed by atoms with Crippen molar-refractivity contribution in [2.45, 2.75) is 136 Å². The summed E-state index contributed by atoms with van der Waals surface area (Å²) in [6.45, 7) is 14.2. The van der Waals surface area contributed by atoms with Gasteiger partial charge >= 0.3 is 0 Å². The second kappa shape index (κ2) is 12.9. The molecule has 3 rings (SSSR count). The highest BCUT2D eigenvalue weighted by Crippen LogP contribution is 2.67. The Balaban J connectivity index is 1.57. The number of ketones is 1. The molecule has 0 aromatic heterocycles. The molecule has 5 nitrogen and oxygen atoms in total. The minimum absolute atomic E-state index is 0.0798. The first-order valence-corrected chi connectivity index (χ1v) is 15.1. The molecule has 212 valence electrons. The molecule has 4 unspecified atom stereocenters. The van der Waals surface area contributed by atoms with Crippen molar-refractivity contribution in [2.75, 3.05) is 6.54 Å². The van der Waals surface area contributed by atoms with Crippen molar-refractivity contribution in [2.24, 2.45) is 34.3 Å². The third kappa shape index (κ3) is 7.15. The molecule has 5 heteroatoms. The lowest BCUT2D eigenvalue weighted by molar-refractivity contribution is -0.119. The van der Waals surface area contributed by atoms with E-state index in [1.807, 2.05) is 0 Å². The average Bonchev–Trinajstić information content (AvgIpc) is 3.11. The topological polar surface area (TPSA) is 95.6 Å². The second-order valence-electron chi connectivity index (χ2n) is 13.5. The quantitative estimate of drug-likeness (QED) is 0.283. The van der Waals surface area contributed by atoms with Crippen LogP contribution in [-0.4, -0.2) is 46.8 Å². The number of rotatable bonds is 11. The van der Waals surface area contributed by atoms with Gasteiger partial charge in [-0.1, -0.05) is 63.8 Å². The van der Waals surface area contributed by atoms with Gasteiger partial charge in [-0.15, -0.1) is 0 Å². The van der Waals surface area contributed by atoms with Crippen LogP contribution in [0.3, 0.4) is 0 Å². The third-order valence-corrected chi connectivity index (χ3v) is 10.9. The Hall–Kier alpha value is -1.01. The van der Waals surface area contributed by atoms with Crippen LogP contribution in [0.5, 0.6) is 0 Å². The molecule has 0 amide bonds. The fraction of sp³-hybridized carbons (Fsp3) is 0.844. The van der Waals surface area contributed by atoms with Crippen LogP contribution in [0.25, 0.3) is 0 Å². The van der Waals surface area contributed by atoms with Crippen molar-refractivity contribution in [3.05, 3.63) is 23.3 Å². The molecule has 0 heterocycles. The molecular formula is C32H56N2O3. The van der Waals surface area contributed by atoms with E-state index in [1.54, 1.807) is 12.5 Å². The highest BCUT2D eigenvalue weighted by atomic mass is 16.3. The molecule has 37 heavy (non-hydrogen) atoms. The Morgan fingerprint density at radius 1 is 1.08 bits per heavy atom. The Labute approximate surface area is 226 Å². The molecule has 0 aliphatic heterocycles. The zero-order valence-electron chi connectivity index (χ0n) is 24.6. The molecule has 0 bridgehead atoms. The number of aliphatic hydroxyl groups excluding tert-OH is 2. The van der Waals surface area contributed by atoms with E-state index >= 15 is 0 Å². The third-order valence-electron chi connectivity index (χ3n) is 10.9. The van der Waals surface area contributed by atoms with E-state index in [4.69, 9.17) is 5.73 Å². The molecule has 0 aromatic rings. The van der Waals surface area contributed by atoms with Crippen LogP contribution in [0, 0.1) is 28.6 Å². The number of aliphatic hydroxyl groups is 2. The summed E-state index contributed by atoms with van der Waals surface area (Å²) < 4.78 is 0. The SMILES string of the molecule is CC(N)C(=O)CNC(C)C(C)CCC[C@@H](C)C1CC[C@@]2(C)/C(=C/C=C3C[C@@H](O)C[C@H](O)C3)CCC[C@]12C. The first kappa shape index (κ1) is 30.5. The monoisotopic (exact) mass is 516 g/mol. The van der Waals surface area contributed by atoms with E-state index in [-0.39, 0.29) is 11.2 Å². The highest BCUT2D eigenvalue weighted by molar-refractivity contribution is 5.85. The maximum atomic E-state index is 11.8. The second-order valence-corrected chi connectivity index (χ2v) is 13.5. The van der Waals surface area contributed by atoms with Gasteiger partial charge in [0.05, 0.1) is 24.8 Å². The molecule has 5 N–H and O–H groups in total. The van der Waals surface area contributed by atoms with Gasteiger partial charge in [-0.05, 0) is 100 Å². The van der Waals surface area contributed by atoms with E-state index < -0.39 is 18.2 Å². The number of fused-ring (bicyclic) bond motifs is 1. The van der Waals surface area contributed by atoms with Crippen molar-refractivity contribution in [3.8, 4) is 0 Å². The van der Waals surface area contributed by atoms with Gasteiger partial charge in [-0.3, -0.25) is 4.79 Å². The number of nitrogens with one attached hydrogen (secondary N) is 1. The molecule has 0 spiro atoms. The normalized spacial score (nSPS) is 36.6. The smallest absolute Gasteiger partial charge is 0.162 e. The standard InChI is InChI=1S/C32H56N2O3/c1-21(24(4)34-20-30(37)23(3)33)9-7-10-22(2)29-14-16-31(5)26(11-8-15-32(29,31)6)13-12-25-17-27(35)19-28(36)18-25/h12-13,21-24,27-29,34-36H,7-11,14-20,33H2,1-6H3/b26-13+/t21?,22-,23?,24?,27-,28-,29?,31+,32-/m1/s1. The summed E-state index contributed by atoms with van der Waals surface area (Å²) >= 11 is 0. The van der Waals surface area contributed by atoms with Crippen molar-refractivity contribution < 1.29 is 15.0 Å². The zero-order valence-corrected chi connectivity index (χ0v) is 24.6. The lowest BCUT2D eigenvalue weighted by Gasteiger charge is -2.51. The summed E-state index contributed by atoms with van der Waals surface area (Å²) in [5.41, 5.74) is 9.05. The van der Waals surface area contributed by atoms with Crippen LogP contribution in [0.1, 0.15) is 112 Å². The van der Waals surface area contributed by atoms with Gasteiger partial charge in [0.25, 0.3) is 0 Å². The van der Waals surface area contributed by atoms with Crippen LogP contribution in [0.15, 0.2) is 23.3 Å². The van der Waals surface area contributed by atoms with Crippen molar-refractivity contribution in [1.82, 2.24) is 5.32 Å². The van der Waals surface area contributed by atoms with Crippen LogP contribution in [0.2, 0.25) is 0 Å². The highest BCUT2D eigenvalue weighted by Gasteiger charge is 2.57. The lowest BCUT2D eigenvalue weighted by atomic mass is 9.53. The van der Waals surface area contributed by atoms with E-state index in [0.29, 0.717) is 49.1 Å². The Kier molecular flexibility index (Phi) is 10.6. The fourth-order valence-electron chi connectivity index (χ4n) is 7.91. The molecule has 9 atom stereocenters. The maximum absolute atomic E-state index is 11.8. The zero-order chi connectivity index (χ0) is 27.4. The van der Waals surface area contributed by atoms with Gasteiger partial charge in [0.15, 0.2) is 5.78 Å². The van der Waals surface area contributed by atoms with E-state index in [1.165, 1.54) is 56.9 Å². The summed E-state index contributed by atoms with van der Waals surface area (Å²) in [4.78, 5) is 11.8. The molecular weight excluding hydrogens is 460 g/mol. The Bertz CT molecular complexity index is 824. The van der Waals surface area contributed by atoms with Crippen molar-refractivity contribution in [1.29, 1.82) is 0 Å². The predicted molar refractivity (Wildman–Crippen MR) is 153 cm³/mol. The van der Waals surface area contributed by atoms with Crippen LogP contribution < -0.4 is 11.1 Å². The first-order chi connectivity index (χ1) is 17.4. The summed E-state index contributed by atoms with van der Waals surface area (Å²) in [6, 6.07) is -0.0778. The molecule has 0 aromatic carbocycles. The number of hydrogen-bond donors (Lipinski definition) is 4. The fourth-order valence-corrected chi connectivity index (χ4v) is 7.91. The lowest BCUT2D eigenvalue weighted by Crippen LogP contribution is -2.43. The number of Topliss-reactive ketones (excluding diaryl/α,β-unsaturated/α-hetero) is 1. The molecule has 0 saturated heterocycles. The van der Waals surface area contributed by atoms with Crippen LogP contribution in [0.4, 0.5) is 0 Å². The summed E-state index contributed by atoms with van der Waals surface area (Å²) in [5.74, 6) is 2.08. The van der Waals surface area contributed by atoms with Crippen LogP contribution in [-0.2, 0) is 4.79 Å². The maximum Gasteiger partial charge on any atom is 0.162 e. The molecule has 3 aliphatic carbocycles. The predicted octanol–water partition coefficient (Wildman–Crippen LogP) is 5.69. The largest absolute Gasteiger partial charge is 0.393 e. The summed E-state index contributed by atoms with van der Waals surface area (Å²) in [5, 5.41) is 23.6. The van der Waals surface area contributed by atoms with Gasteiger partial charge in [0.1, 0.15) is 0 Å². The molecule has 3 saturated carbocycles. The van der Waals surface area contributed by atoms with Crippen molar-refractivity contribution in [3.63, 3.8) is 0 Å². The average molecular weight is 517 g/mol. The summed E-state index contributed by atoms with van der Waals surface area (Å²) in [7, 11) is 0. The first-order valence-electron chi connectivity index (χ1n) is 15.1. The Morgan fingerprint density at radius 3 is 2.41 bits per heavy atom. The molecule has 0 radical (unpaired) electrons. The van der Waals surface area contributed by atoms with Crippen molar-refractivity contribution >= 4 is 5.78 Å². The number of hydrogen-bond acceptors (Lipinski definition) is 5. The molecule has 3 aliphatic rings. The number of allylic oxidation sites excluding steroid dienone is 3. The van der Waals surface area contributed by atoms with E-state index in [9.17, 15) is 15.0 Å². The van der Waals surface area contributed by atoms with Gasteiger partial charge in [0.2, 0.25) is 0 Å². The van der Waals surface area contributed by atoms with E-state index in [2.05, 4.69) is 52.1 Å². The van der Waals surface area contributed by atoms with Gasteiger partial charge < -0.3 is 21.3 Å². The van der Waals surface area contributed by atoms with Gasteiger partial charge in [0, 0.05) is 6.04 Å². The van der Waals surface area contributed by atoms with Gasteiger partial charge in [-0.2, -0.15) is 0 Å². The summed E-state index contributed by atoms with van der Waals surface area (Å²) in [6.07, 6.45) is 15.7. The Morgan fingerprint density at radius 2 is 1.76 bits per heavy atom. The van der Waals surface area contributed by atoms with Gasteiger partial charge in [-0.25, -0.2) is 0 Å². The number of carbonyl (C=O) groups excluding carboxylic acids is 1. The number of nitrogens with two attached hydrogens (primary N) is 1. The molecule has 3 fully saturated rings. The minimum atomic E-state index is -0.407. The minimum Gasteiger partial charge on any atom is -0.393 e.